The molecule has 0 radical (unpaired) electrons. The number of nitrogens with one attached hydrogen (secondary N) is 2. The van der Waals surface area contributed by atoms with Crippen molar-refractivity contribution in [2.45, 2.75) is 13.3 Å². The fourth-order valence-corrected chi connectivity index (χ4v) is 1.87. The molecule has 9 nitrogen and oxygen atoms in total. The number of nitrogens with zero attached hydrogens (tertiary/aromatic N) is 5. The molecule has 2 heterocycles. The number of hydrogen-bond donors (Lipinski definition) is 2. The molecule has 0 aliphatic carbocycles. The van der Waals surface area contributed by atoms with Crippen molar-refractivity contribution < 1.29 is 9.32 Å². The first kappa shape index (κ1) is 21.8. The maximum absolute atomic E-state index is 11.6. The predicted molar refractivity (Wildman–Crippen MR) is 109 cm³/mol. The normalized spacial score (nSPS) is 10.8. The first-order valence-corrected chi connectivity index (χ1v) is 8.06. The minimum atomic E-state index is -0.0598. The topological polar surface area (TPSA) is 109 Å². The van der Waals surface area contributed by atoms with Crippen LogP contribution in [0.4, 0.5) is 0 Å². The van der Waals surface area contributed by atoms with Crippen molar-refractivity contribution in [3.63, 3.8) is 0 Å². The third-order valence-electron chi connectivity index (χ3n) is 3.21. The number of hydrogen-bond acceptors (Lipinski definition) is 6. The lowest BCUT2D eigenvalue weighted by atomic mass is 10.3. The highest BCUT2D eigenvalue weighted by Gasteiger charge is 2.09. The monoisotopic (exact) mass is 473 g/mol. The Morgan fingerprint density at radius 2 is 2.12 bits per heavy atom. The molecule has 0 unspecified atom stereocenters. The van der Waals surface area contributed by atoms with Crippen LogP contribution in [0.5, 0.6) is 0 Å². The summed E-state index contributed by atoms with van der Waals surface area (Å²) in [6.45, 7) is 3.31. The van der Waals surface area contributed by atoms with Gasteiger partial charge in [0.05, 0.1) is 0 Å². The molecule has 10 heteroatoms. The van der Waals surface area contributed by atoms with Crippen LogP contribution in [0.3, 0.4) is 0 Å². The van der Waals surface area contributed by atoms with Gasteiger partial charge in [-0.15, -0.1) is 24.0 Å². The number of amides is 1. The average molecular weight is 473 g/mol. The molecule has 2 aromatic heterocycles. The summed E-state index contributed by atoms with van der Waals surface area (Å²) in [6, 6.07) is 5.50. The van der Waals surface area contributed by atoms with Crippen molar-refractivity contribution in [2.75, 3.05) is 33.7 Å². The van der Waals surface area contributed by atoms with Crippen LogP contribution in [-0.2, 0) is 11.2 Å². The molecule has 0 atom stereocenters. The van der Waals surface area contributed by atoms with Crippen LogP contribution in [0.1, 0.15) is 12.7 Å². The van der Waals surface area contributed by atoms with E-state index in [0.717, 1.165) is 0 Å². The molecule has 26 heavy (non-hydrogen) atoms. The van der Waals surface area contributed by atoms with Gasteiger partial charge in [-0.1, -0.05) is 11.2 Å². The van der Waals surface area contributed by atoms with Gasteiger partial charge < -0.3 is 20.1 Å². The highest BCUT2D eigenvalue weighted by molar-refractivity contribution is 14.0. The van der Waals surface area contributed by atoms with Gasteiger partial charge in [0, 0.05) is 39.8 Å². The zero-order chi connectivity index (χ0) is 18.1. The molecule has 0 aromatic carbocycles. The Balaban J connectivity index is 0.00000338. The van der Waals surface area contributed by atoms with Gasteiger partial charge in [0.15, 0.2) is 11.8 Å². The fraction of sp³-hybridized carbons (Fsp3) is 0.438. The number of carbonyl (C=O) groups excluding carboxylic acids is 1. The van der Waals surface area contributed by atoms with E-state index in [1.165, 1.54) is 4.90 Å². The molecule has 2 aromatic rings. The van der Waals surface area contributed by atoms with E-state index in [0.29, 0.717) is 42.9 Å². The van der Waals surface area contributed by atoms with Gasteiger partial charge in [0.1, 0.15) is 12.2 Å². The molecule has 1 amide bonds. The van der Waals surface area contributed by atoms with Gasteiger partial charge in [-0.05, 0) is 19.1 Å². The van der Waals surface area contributed by atoms with Crippen molar-refractivity contribution in [1.82, 2.24) is 30.7 Å². The Morgan fingerprint density at radius 3 is 2.77 bits per heavy atom. The lowest BCUT2D eigenvalue weighted by Gasteiger charge is -2.12. The van der Waals surface area contributed by atoms with Crippen LogP contribution in [0.2, 0.25) is 0 Å². The quantitative estimate of drug-likeness (QED) is 0.350. The lowest BCUT2D eigenvalue weighted by molar-refractivity contribution is -0.127. The molecular weight excluding hydrogens is 449 g/mol. The summed E-state index contributed by atoms with van der Waals surface area (Å²) in [6.07, 6.45) is 2.23. The van der Waals surface area contributed by atoms with Crippen LogP contribution in [0.15, 0.2) is 33.9 Å². The van der Waals surface area contributed by atoms with Crippen LogP contribution >= 0.6 is 24.0 Å². The van der Waals surface area contributed by atoms with E-state index in [1.54, 1.807) is 20.3 Å². The molecule has 0 saturated heterocycles. The number of halogens is 1. The number of carbonyl (C=O) groups is 1. The fourth-order valence-electron chi connectivity index (χ4n) is 1.87. The van der Waals surface area contributed by atoms with Gasteiger partial charge >= 0.3 is 0 Å². The second kappa shape index (κ2) is 11.4. The van der Waals surface area contributed by atoms with Gasteiger partial charge in [-0.2, -0.15) is 4.98 Å². The zero-order valence-corrected chi connectivity index (χ0v) is 17.4. The van der Waals surface area contributed by atoms with E-state index in [2.05, 4.69) is 30.8 Å². The molecule has 2 rings (SSSR count). The Labute approximate surface area is 169 Å². The molecule has 142 valence electrons. The smallest absolute Gasteiger partial charge is 0.276 e. The van der Waals surface area contributed by atoms with E-state index in [4.69, 9.17) is 4.52 Å². The summed E-state index contributed by atoms with van der Waals surface area (Å²) in [5.41, 5.74) is 0.645. The SMILES string of the molecule is CCNC(=NCC(=O)N(C)C)NCCc1noc(-c2ccccn2)n1.I. The standard InChI is InChI=1S/C16H23N7O2.HI/c1-4-17-16(20-11-14(24)23(2)3)19-10-8-13-21-15(25-22-13)12-7-5-6-9-18-12;/h5-7,9H,4,8,10-11H2,1-3H3,(H2,17,19,20);1H. The molecule has 0 bridgehead atoms. The van der Waals surface area contributed by atoms with Crippen LogP contribution in [-0.4, -0.2) is 65.6 Å². The summed E-state index contributed by atoms with van der Waals surface area (Å²) >= 11 is 0. The van der Waals surface area contributed by atoms with Gasteiger partial charge in [0.2, 0.25) is 5.91 Å². The summed E-state index contributed by atoms with van der Waals surface area (Å²) < 4.78 is 5.21. The third-order valence-corrected chi connectivity index (χ3v) is 3.21. The molecule has 0 aliphatic rings. The second-order valence-electron chi connectivity index (χ2n) is 5.39. The summed E-state index contributed by atoms with van der Waals surface area (Å²) in [7, 11) is 3.40. The molecular formula is C16H24IN7O2. The first-order valence-electron chi connectivity index (χ1n) is 8.06. The average Bonchev–Trinajstić information content (AvgIpc) is 3.09. The highest BCUT2D eigenvalue weighted by atomic mass is 127. The minimum Gasteiger partial charge on any atom is -0.357 e. The minimum absolute atomic E-state index is 0. The molecule has 0 fully saturated rings. The number of rotatable bonds is 7. The Hall–Kier alpha value is -2.24. The van der Waals surface area contributed by atoms with Crippen molar-refractivity contribution >= 4 is 35.8 Å². The zero-order valence-electron chi connectivity index (χ0n) is 15.1. The van der Waals surface area contributed by atoms with Crippen molar-refractivity contribution in [3.05, 3.63) is 30.2 Å². The van der Waals surface area contributed by atoms with Crippen molar-refractivity contribution in [2.24, 2.45) is 4.99 Å². The van der Waals surface area contributed by atoms with Crippen LogP contribution in [0, 0.1) is 0 Å². The van der Waals surface area contributed by atoms with E-state index in [-0.39, 0.29) is 36.4 Å². The van der Waals surface area contributed by atoms with E-state index >= 15 is 0 Å². The first-order chi connectivity index (χ1) is 12.1. The highest BCUT2D eigenvalue weighted by Crippen LogP contribution is 2.12. The summed E-state index contributed by atoms with van der Waals surface area (Å²) in [5.74, 6) is 1.49. The molecule has 0 saturated carbocycles. The second-order valence-corrected chi connectivity index (χ2v) is 5.39. The van der Waals surface area contributed by atoms with Gasteiger partial charge in [-0.25, -0.2) is 4.99 Å². The predicted octanol–water partition coefficient (Wildman–Crippen LogP) is 0.935. The molecule has 2 N–H and O–H groups in total. The van der Waals surface area contributed by atoms with E-state index in [1.807, 2.05) is 25.1 Å². The van der Waals surface area contributed by atoms with Crippen molar-refractivity contribution in [1.29, 1.82) is 0 Å². The van der Waals surface area contributed by atoms with Crippen molar-refractivity contribution in [3.8, 4) is 11.6 Å². The largest absolute Gasteiger partial charge is 0.357 e. The third kappa shape index (κ3) is 6.94. The number of pyridine rings is 1. The lowest BCUT2D eigenvalue weighted by Crippen LogP contribution is -2.39. The Bertz CT molecular complexity index is 704. The molecule has 0 aliphatic heterocycles. The number of aliphatic imine (C=N–C) groups is 1. The van der Waals surface area contributed by atoms with E-state index < -0.39 is 0 Å². The Morgan fingerprint density at radius 1 is 1.31 bits per heavy atom. The summed E-state index contributed by atoms with van der Waals surface area (Å²) in [5, 5.41) is 10.2. The van der Waals surface area contributed by atoms with Crippen LogP contribution in [0.25, 0.3) is 11.6 Å². The maximum atomic E-state index is 11.6. The number of aromatic nitrogens is 3. The summed E-state index contributed by atoms with van der Waals surface area (Å²) in [4.78, 5) is 25.9. The number of likely N-dealkylation sites (N-methyl/N-ethyl adjacent to an activating group) is 1. The number of guanidine groups is 1. The Kier molecular flexibility index (Phi) is 9.55. The van der Waals surface area contributed by atoms with E-state index in [9.17, 15) is 4.79 Å². The van der Waals surface area contributed by atoms with Crippen LogP contribution < -0.4 is 10.6 Å². The van der Waals surface area contributed by atoms with Gasteiger partial charge in [0.25, 0.3) is 5.89 Å². The maximum Gasteiger partial charge on any atom is 0.276 e. The van der Waals surface area contributed by atoms with Gasteiger partial charge in [-0.3, -0.25) is 9.78 Å². The molecule has 0 spiro atoms.